The molecule has 1 aromatic heterocycles. The van der Waals surface area contributed by atoms with E-state index in [-0.39, 0.29) is 0 Å². The minimum absolute atomic E-state index is 0.426. The van der Waals surface area contributed by atoms with Gasteiger partial charge in [0.2, 0.25) is 0 Å². The van der Waals surface area contributed by atoms with Crippen LogP contribution in [-0.4, -0.2) is 9.97 Å². The van der Waals surface area contributed by atoms with Crippen molar-refractivity contribution >= 4 is 28.5 Å². The summed E-state index contributed by atoms with van der Waals surface area (Å²) in [5.41, 5.74) is 4.06. The summed E-state index contributed by atoms with van der Waals surface area (Å²) in [5.74, 6) is 0.707. The molecule has 0 saturated heterocycles. The highest BCUT2D eigenvalue weighted by Gasteiger charge is 2.16. The Morgan fingerprint density at radius 2 is 1.08 bits per heavy atom. The van der Waals surface area contributed by atoms with Crippen LogP contribution in [-0.2, 0) is 13.1 Å². The predicted molar refractivity (Wildman–Crippen MR) is 107 cm³/mol. The van der Waals surface area contributed by atoms with E-state index >= 15 is 0 Å². The predicted octanol–water partition coefficient (Wildman–Crippen LogP) is 5.49. The summed E-state index contributed by atoms with van der Waals surface area (Å²) in [6.07, 6.45) is 0. The first-order valence-electron chi connectivity index (χ1n) is 8.55. The van der Waals surface area contributed by atoms with E-state index in [0.717, 1.165) is 11.0 Å². The average Bonchev–Trinajstić information content (AvgIpc) is 2.68. The lowest BCUT2D eigenvalue weighted by molar-refractivity contribution is 0.783. The zero-order chi connectivity index (χ0) is 17.8. The summed E-state index contributed by atoms with van der Waals surface area (Å²) in [7, 11) is 0. The normalized spacial score (nSPS) is 10.8. The fourth-order valence-electron chi connectivity index (χ4n) is 2.98. The maximum absolute atomic E-state index is 6.52. The molecule has 0 aliphatic heterocycles. The Labute approximate surface area is 157 Å². The number of benzene rings is 3. The van der Waals surface area contributed by atoms with Gasteiger partial charge in [-0.05, 0) is 23.3 Å². The monoisotopic (exact) mass is 359 g/mol. The summed E-state index contributed by atoms with van der Waals surface area (Å²) in [4.78, 5) is 11.5. The van der Waals surface area contributed by atoms with Gasteiger partial charge in [-0.3, -0.25) is 0 Å². The molecule has 0 atom stereocenters. The van der Waals surface area contributed by atoms with Crippen molar-refractivity contribution in [3.8, 4) is 0 Å². The van der Waals surface area contributed by atoms with Crippen LogP contribution in [0.2, 0.25) is 5.15 Å². The van der Waals surface area contributed by atoms with Crippen molar-refractivity contribution in [2.45, 2.75) is 13.1 Å². The molecule has 128 valence electrons. The van der Waals surface area contributed by atoms with Crippen LogP contribution in [0.15, 0.2) is 84.9 Å². The lowest BCUT2D eigenvalue weighted by Gasteiger charge is -2.25. The molecule has 0 saturated carbocycles. The highest BCUT2D eigenvalue weighted by Crippen LogP contribution is 2.27. The molecule has 0 fully saturated rings. The Kier molecular flexibility index (Phi) is 4.80. The van der Waals surface area contributed by atoms with Gasteiger partial charge in [0.1, 0.15) is 0 Å². The molecule has 1 heterocycles. The van der Waals surface area contributed by atoms with E-state index in [2.05, 4.69) is 34.1 Å². The summed E-state index contributed by atoms with van der Waals surface area (Å²) in [5, 5.41) is 0.426. The molecule has 4 aromatic rings. The third kappa shape index (κ3) is 3.68. The van der Waals surface area contributed by atoms with Crippen LogP contribution in [0.3, 0.4) is 0 Å². The molecule has 0 bridgehead atoms. The van der Waals surface area contributed by atoms with Crippen LogP contribution in [0.5, 0.6) is 0 Å². The van der Waals surface area contributed by atoms with Crippen LogP contribution in [0.4, 0.5) is 5.82 Å². The first-order chi connectivity index (χ1) is 12.8. The minimum Gasteiger partial charge on any atom is -0.345 e. The smallest absolute Gasteiger partial charge is 0.172 e. The summed E-state index contributed by atoms with van der Waals surface area (Å²) >= 11 is 6.52. The van der Waals surface area contributed by atoms with Crippen molar-refractivity contribution in [1.29, 1.82) is 0 Å². The topological polar surface area (TPSA) is 29.0 Å². The van der Waals surface area contributed by atoms with Crippen molar-refractivity contribution in [3.63, 3.8) is 0 Å². The lowest BCUT2D eigenvalue weighted by atomic mass is 10.1. The van der Waals surface area contributed by atoms with Gasteiger partial charge in [-0.2, -0.15) is 0 Å². The number of anilines is 1. The third-order valence-electron chi connectivity index (χ3n) is 4.24. The summed E-state index contributed by atoms with van der Waals surface area (Å²) in [6.45, 7) is 1.42. The zero-order valence-electron chi connectivity index (χ0n) is 14.2. The van der Waals surface area contributed by atoms with Crippen LogP contribution in [0.1, 0.15) is 11.1 Å². The average molecular weight is 360 g/mol. The Balaban J connectivity index is 1.75. The number of nitrogens with zero attached hydrogens (tertiary/aromatic N) is 3. The van der Waals surface area contributed by atoms with Crippen molar-refractivity contribution in [2.75, 3.05) is 4.90 Å². The second-order valence-corrected chi connectivity index (χ2v) is 6.51. The molecule has 3 aromatic carbocycles. The zero-order valence-corrected chi connectivity index (χ0v) is 15.0. The number of rotatable bonds is 5. The SMILES string of the molecule is Clc1nc2ccccc2nc1N(Cc1ccccc1)Cc1ccccc1. The standard InChI is InChI=1S/C22H18ClN3/c23-21-22(25-20-14-8-7-13-19(20)24-21)26(15-17-9-3-1-4-10-17)16-18-11-5-2-6-12-18/h1-14H,15-16H2. The van der Waals surface area contributed by atoms with Crippen molar-refractivity contribution in [1.82, 2.24) is 9.97 Å². The number of para-hydroxylation sites is 2. The highest BCUT2D eigenvalue weighted by atomic mass is 35.5. The van der Waals surface area contributed by atoms with Gasteiger partial charge in [-0.25, -0.2) is 9.97 Å². The van der Waals surface area contributed by atoms with E-state index in [1.807, 2.05) is 60.7 Å². The van der Waals surface area contributed by atoms with Crippen LogP contribution in [0, 0.1) is 0 Å². The van der Waals surface area contributed by atoms with Crippen molar-refractivity contribution < 1.29 is 0 Å². The molecule has 0 unspecified atom stereocenters. The molecule has 0 spiro atoms. The number of hydrogen-bond acceptors (Lipinski definition) is 3. The minimum atomic E-state index is 0.426. The molecule has 0 aliphatic rings. The molecule has 0 amide bonds. The Bertz CT molecular complexity index is 962. The molecule has 4 rings (SSSR count). The number of halogens is 1. The molecule has 26 heavy (non-hydrogen) atoms. The molecule has 3 nitrogen and oxygen atoms in total. The first-order valence-corrected chi connectivity index (χ1v) is 8.92. The van der Waals surface area contributed by atoms with Gasteiger partial charge in [-0.15, -0.1) is 0 Å². The summed E-state index contributed by atoms with van der Waals surface area (Å²) in [6, 6.07) is 28.5. The number of aromatic nitrogens is 2. The van der Waals surface area contributed by atoms with Gasteiger partial charge in [-0.1, -0.05) is 84.4 Å². The van der Waals surface area contributed by atoms with E-state index < -0.39 is 0 Å². The van der Waals surface area contributed by atoms with Crippen LogP contribution in [0.25, 0.3) is 11.0 Å². The van der Waals surface area contributed by atoms with Gasteiger partial charge < -0.3 is 4.90 Å². The molecule has 0 aliphatic carbocycles. The van der Waals surface area contributed by atoms with Crippen LogP contribution < -0.4 is 4.90 Å². The maximum Gasteiger partial charge on any atom is 0.172 e. The fraction of sp³-hybridized carbons (Fsp3) is 0.0909. The lowest BCUT2D eigenvalue weighted by Crippen LogP contribution is -2.24. The van der Waals surface area contributed by atoms with Crippen LogP contribution >= 0.6 is 11.6 Å². The fourth-order valence-corrected chi connectivity index (χ4v) is 3.24. The van der Waals surface area contributed by atoms with Gasteiger partial charge >= 0.3 is 0 Å². The van der Waals surface area contributed by atoms with E-state index in [1.165, 1.54) is 11.1 Å². The Morgan fingerprint density at radius 3 is 1.62 bits per heavy atom. The second-order valence-electron chi connectivity index (χ2n) is 6.15. The van der Waals surface area contributed by atoms with E-state index in [9.17, 15) is 0 Å². The van der Waals surface area contributed by atoms with Gasteiger partial charge in [0.05, 0.1) is 11.0 Å². The summed E-state index contributed by atoms with van der Waals surface area (Å²) < 4.78 is 0. The Hall–Kier alpha value is -2.91. The second kappa shape index (κ2) is 7.54. The van der Waals surface area contributed by atoms with E-state index in [1.54, 1.807) is 0 Å². The quantitative estimate of drug-likeness (QED) is 0.471. The highest BCUT2D eigenvalue weighted by molar-refractivity contribution is 6.32. The third-order valence-corrected chi connectivity index (χ3v) is 4.50. The number of fused-ring (bicyclic) bond motifs is 1. The number of hydrogen-bond donors (Lipinski definition) is 0. The molecular formula is C22H18ClN3. The maximum atomic E-state index is 6.52. The molecular weight excluding hydrogens is 342 g/mol. The van der Waals surface area contributed by atoms with Crippen molar-refractivity contribution in [3.05, 3.63) is 101 Å². The Morgan fingerprint density at radius 1 is 0.615 bits per heavy atom. The van der Waals surface area contributed by atoms with Crippen molar-refractivity contribution in [2.24, 2.45) is 0 Å². The van der Waals surface area contributed by atoms with E-state index in [0.29, 0.717) is 24.1 Å². The first kappa shape index (κ1) is 16.6. The van der Waals surface area contributed by atoms with Gasteiger partial charge in [0.15, 0.2) is 11.0 Å². The molecule has 0 N–H and O–H groups in total. The van der Waals surface area contributed by atoms with Gasteiger partial charge in [0.25, 0.3) is 0 Å². The molecule has 4 heteroatoms. The van der Waals surface area contributed by atoms with Gasteiger partial charge in [0, 0.05) is 13.1 Å². The largest absolute Gasteiger partial charge is 0.345 e. The van der Waals surface area contributed by atoms with E-state index in [4.69, 9.17) is 16.6 Å². The molecule has 0 radical (unpaired) electrons.